The molecule has 0 heterocycles. The Morgan fingerprint density at radius 1 is 1.24 bits per heavy atom. The summed E-state index contributed by atoms with van der Waals surface area (Å²) >= 11 is 0. The minimum atomic E-state index is -1.99. The number of amides is 1. The number of carboxylic acid groups (broad SMARTS) is 1. The predicted molar refractivity (Wildman–Crippen MR) is 69.6 cm³/mol. The van der Waals surface area contributed by atoms with E-state index in [1.54, 1.807) is 14.2 Å². The normalized spacial score (nSPS) is 11.5. The molecule has 0 unspecified atom stereocenters. The average Bonchev–Trinajstić information content (AvgIpc) is 2.34. The maximum absolute atomic E-state index is 10.8. The fourth-order valence-corrected chi connectivity index (χ4v) is 4.13. The Bertz CT molecular complexity index is 213. The summed E-state index contributed by atoms with van der Waals surface area (Å²) in [6, 6.07) is 1.85. The van der Waals surface area contributed by atoms with Crippen LogP contribution in [0.5, 0.6) is 0 Å². The van der Waals surface area contributed by atoms with Crippen LogP contribution in [0, 0.1) is 0 Å². The zero-order valence-electron chi connectivity index (χ0n) is 11.4. The van der Waals surface area contributed by atoms with E-state index in [0.29, 0.717) is 13.1 Å². The smallest absolute Gasteiger partial charge is 0.407 e. The van der Waals surface area contributed by atoms with Crippen molar-refractivity contribution in [1.82, 2.24) is 4.90 Å². The number of hydrogen-bond donors (Lipinski definition) is 1. The monoisotopic (exact) mass is 263 g/mol. The van der Waals surface area contributed by atoms with E-state index in [2.05, 4.69) is 6.92 Å². The Hall–Kier alpha value is -0.593. The Kier molecular flexibility index (Phi) is 8.19. The molecular formula is C11H25NO4Si. The summed E-state index contributed by atoms with van der Waals surface area (Å²) in [5.41, 5.74) is 0. The van der Waals surface area contributed by atoms with Crippen molar-refractivity contribution in [2.75, 3.05) is 27.3 Å². The van der Waals surface area contributed by atoms with Gasteiger partial charge < -0.3 is 18.9 Å². The maximum atomic E-state index is 10.8. The first-order chi connectivity index (χ1) is 8.05. The first kappa shape index (κ1) is 16.4. The summed E-state index contributed by atoms with van der Waals surface area (Å²) in [5, 5.41) is 8.86. The van der Waals surface area contributed by atoms with E-state index < -0.39 is 14.7 Å². The van der Waals surface area contributed by atoms with Crippen LogP contribution in [0.15, 0.2) is 0 Å². The first-order valence-electron chi connectivity index (χ1n) is 6.13. The van der Waals surface area contributed by atoms with Gasteiger partial charge in [0.15, 0.2) is 0 Å². The highest BCUT2D eigenvalue weighted by atomic mass is 28.4. The molecule has 0 rings (SSSR count). The molecule has 0 saturated carbocycles. The van der Waals surface area contributed by atoms with Gasteiger partial charge in [0.25, 0.3) is 0 Å². The van der Waals surface area contributed by atoms with Crippen LogP contribution in [0.25, 0.3) is 0 Å². The van der Waals surface area contributed by atoms with Gasteiger partial charge in [-0.25, -0.2) is 4.79 Å². The molecule has 1 amide bonds. The van der Waals surface area contributed by atoms with Crippen molar-refractivity contribution in [2.45, 2.75) is 38.8 Å². The minimum Gasteiger partial charge on any atom is -0.465 e. The molecular weight excluding hydrogens is 238 g/mol. The SMILES string of the molecule is CCN(CCCC[Si](CC)(OC)OC)C(=O)O. The number of unbranched alkanes of at least 4 members (excludes halogenated alkanes) is 1. The summed E-state index contributed by atoms with van der Waals surface area (Å²) in [6.45, 7) is 5.06. The minimum absolute atomic E-state index is 0.542. The Labute approximate surface area is 105 Å². The van der Waals surface area contributed by atoms with Gasteiger partial charge in [0.2, 0.25) is 0 Å². The van der Waals surface area contributed by atoms with Crippen molar-refractivity contribution >= 4 is 14.7 Å². The van der Waals surface area contributed by atoms with Crippen LogP contribution in [0.2, 0.25) is 12.1 Å². The van der Waals surface area contributed by atoms with Gasteiger partial charge in [0.1, 0.15) is 0 Å². The second-order valence-electron chi connectivity index (χ2n) is 3.99. The molecule has 0 radical (unpaired) electrons. The summed E-state index contributed by atoms with van der Waals surface area (Å²) in [7, 11) is 1.41. The molecule has 17 heavy (non-hydrogen) atoms. The Morgan fingerprint density at radius 2 is 1.82 bits per heavy atom. The molecule has 0 spiro atoms. The highest BCUT2D eigenvalue weighted by Gasteiger charge is 2.32. The highest BCUT2D eigenvalue weighted by Crippen LogP contribution is 2.20. The summed E-state index contributed by atoms with van der Waals surface area (Å²) in [6.07, 6.45) is 0.970. The molecule has 0 aromatic rings. The van der Waals surface area contributed by atoms with Crippen LogP contribution in [-0.4, -0.2) is 52.0 Å². The molecule has 0 aliphatic rings. The van der Waals surface area contributed by atoms with Gasteiger partial charge in [-0.05, 0) is 31.9 Å². The largest absolute Gasteiger partial charge is 0.465 e. The molecule has 0 aromatic carbocycles. The van der Waals surface area contributed by atoms with Crippen molar-refractivity contribution < 1.29 is 18.8 Å². The fraction of sp³-hybridized carbons (Fsp3) is 0.909. The molecule has 0 fully saturated rings. The predicted octanol–water partition coefficient (Wildman–Crippen LogP) is 2.52. The molecule has 102 valence electrons. The molecule has 0 aromatic heterocycles. The van der Waals surface area contributed by atoms with Crippen LogP contribution in [0.1, 0.15) is 26.7 Å². The Morgan fingerprint density at radius 3 is 2.18 bits per heavy atom. The summed E-state index contributed by atoms with van der Waals surface area (Å²) in [4.78, 5) is 12.2. The molecule has 0 atom stereocenters. The topological polar surface area (TPSA) is 59.0 Å². The second-order valence-corrected chi connectivity index (χ2v) is 7.84. The van der Waals surface area contributed by atoms with Crippen LogP contribution in [-0.2, 0) is 8.85 Å². The Balaban J connectivity index is 3.93. The van der Waals surface area contributed by atoms with E-state index in [0.717, 1.165) is 24.9 Å². The quantitative estimate of drug-likeness (QED) is 0.513. The lowest BCUT2D eigenvalue weighted by Gasteiger charge is -2.26. The van der Waals surface area contributed by atoms with E-state index in [1.807, 2.05) is 6.92 Å². The lowest BCUT2D eigenvalue weighted by atomic mass is 10.3. The lowest BCUT2D eigenvalue weighted by Crippen LogP contribution is -2.39. The van der Waals surface area contributed by atoms with Crippen LogP contribution in [0.4, 0.5) is 4.79 Å². The van der Waals surface area contributed by atoms with E-state index in [9.17, 15) is 4.79 Å². The fourth-order valence-electron chi connectivity index (χ4n) is 1.84. The molecule has 1 N–H and O–H groups in total. The van der Waals surface area contributed by atoms with E-state index in [1.165, 1.54) is 4.90 Å². The van der Waals surface area contributed by atoms with Gasteiger partial charge in [-0.2, -0.15) is 0 Å². The number of carbonyl (C=O) groups is 1. The van der Waals surface area contributed by atoms with Crippen molar-refractivity contribution in [3.63, 3.8) is 0 Å². The van der Waals surface area contributed by atoms with E-state index in [4.69, 9.17) is 14.0 Å². The van der Waals surface area contributed by atoms with E-state index in [-0.39, 0.29) is 0 Å². The van der Waals surface area contributed by atoms with Crippen molar-refractivity contribution in [2.24, 2.45) is 0 Å². The number of rotatable bonds is 9. The van der Waals surface area contributed by atoms with Crippen LogP contribution in [0.3, 0.4) is 0 Å². The van der Waals surface area contributed by atoms with E-state index >= 15 is 0 Å². The third-order valence-corrected chi connectivity index (χ3v) is 6.85. The third kappa shape index (κ3) is 5.52. The van der Waals surface area contributed by atoms with Gasteiger partial charge in [-0.3, -0.25) is 0 Å². The van der Waals surface area contributed by atoms with Crippen LogP contribution < -0.4 is 0 Å². The standard InChI is InChI=1S/C11H25NO4Si/c1-5-12(11(13)14)9-7-8-10-17(6-2,15-3)16-4/h5-10H2,1-4H3,(H,13,14). The second kappa shape index (κ2) is 8.49. The molecule has 0 bridgehead atoms. The van der Waals surface area contributed by atoms with Gasteiger partial charge in [0, 0.05) is 27.3 Å². The molecule has 5 nitrogen and oxygen atoms in total. The molecule has 0 saturated heterocycles. The van der Waals surface area contributed by atoms with Crippen molar-refractivity contribution in [3.05, 3.63) is 0 Å². The number of nitrogens with zero attached hydrogens (tertiary/aromatic N) is 1. The van der Waals surface area contributed by atoms with Crippen molar-refractivity contribution in [1.29, 1.82) is 0 Å². The van der Waals surface area contributed by atoms with Gasteiger partial charge in [-0.1, -0.05) is 6.92 Å². The lowest BCUT2D eigenvalue weighted by molar-refractivity contribution is 0.147. The molecule has 0 aliphatic heterocycles. The van der Waals surface area contributed by atoms with Gasteiger partial charge in [-0.15, -0.1) is 0 Å². The average molecular weight is 263 g/mol. The summed E-state index contributed by atoms with van der Waals surface area (Å²) in [5.74, 6) is 0. The first-order valence-corrected chi connectivity index (χ1v) is 8.36. The van der Waals surface area contributed by atoms with Crippen molar-refractivity contribution in [3.8, 4) is 0 Å². The molecule has 0 aliphatic carbocycles. The maximum Gasteiger partial charge on any atom is 0.407 e. The molecule has 6 heteroatoms. The zero-order valence-corrected chi connectivity index (χ0v) is 12.4. The highest BCUT2D eigenvalue weighted by molar-refractivity contribution is 6.67. The zero-order chi connectivity index (χ0) is 13.3. The van der Waals surface area contributed by atoms with Gasteiger partial charge in [0.05, 0.1) is 0 Å². The summed E-state index contributed by atoms with van der Waals surface area (Å²) < 4.78 is 11.0. The third-order valence-electron chi connectivity index (χ3n) is 3.17. The van der Waals surface area contributed by atoms with Gasteiger partial charge >= 0.3 is 14.7 Å². The number of hydrogen-bond acceptors (Lipinski definition) is 3. The van der Waals surface area contributed by atoms with Crippen LogP contribution >= 0.6 is 0 Å².